The summed E-state index contributed by atoms with van der Waals surface area (Å²) >= 11 is 0. The lowest BCUT2D eigenvalue weighted by atomic mass is 10.0. The molecule has 1 atom stereocenters. The second kappa shape index (κ2) is 5.87. The normalized spacial score (nSPS) is 16.0. The van der Waals surface area contributed by atoms with E-state index in [0.717, 1.165) is 22.6 Å². The Morgan fingerprint density at radius 1 is 1.19 bits per heavy atom. The van der Waals surface area contributed by atoms with Crippen LogP contribution in [0.1, 0.15) is 17.0 Å². The predicted molar refractivity (Wildman–Crippen MR) is 82.9 cm³/mol. The Balaban J connectivity index is 1.57. The van der Waals surface area contributed by atoms with Crippen LogP contribution in [0.25, 0.3) is 0 Å². The Labute approximate surface area is 124 Å². The highest BCUT2D eigenvalue weighted by Gasteiger charge is 2.23. The number of para-hydroxylation sites is 2. The fourth-order valence-electron chi connectivity index (χ4n) is 2.49. The van der Waals surface area contributed by atoms with Crippen LogP contribution in [0.2, 0.25) is 0 Å². The van der Waals surface area contributed by atoms with Crippen molar-refractivity contribution in [3.05, 3.63) is 59.7 Å². The lowest BCUT2D eigenvalue weighted by Gasteiger charge is -2.12. The number of fused-ring (bicyclic) bond motifs is 1. The molecule has 0 spiro atoms. The van der Waals surface area contributed by atoms with Crippen LogP contribution in [0, 0.1) is 6.92 Å². The van der Waals surface area contributed by atoms with Crippen molar-refractivity contribution >= 4 is 11.7 Å². The molecule has 0 fully saturated rings. The molecule has 2 aromatic carbocycles. The van der Waals surface area contributed by atoms with Crippen LogP contribution in [0.15, 0.2) is 48.5 Å². The summed E-state index contributed by atoms with van der Waals surface area (Å²) < 4.78 is 5.61. The number of hydrogen-bond acceptors (Lipinski definition) is 2. The molecular formula is C17H18N2O2. The summed E-state index contributed by atoms with van der Waals surface area (Å²) in [6.07, 6.45) is 0. The average Bonchev–Trinajstić information content (AvgIpc) is 2.91. The first kappa shape index (κ1) is 13.5. The Kier molecular flexibility index (Phi) is 3.77. The molecule has 4 heteroatoms. The highest BCUT2D eigenvalue weighted by molar-refractivity contribution is 5.90. The van der Waals surface area contributed by atoms with E-state index < -0.39 is 0 Å². The molecule has 0 bridgehead atoms. The zero-order chi connectivity index (χ0) is 14.7. The third kappa shape index (κ3) is 2.99. The predicted octanol–water partition coefficient (Wildman–Crippen LogP) is 3.29. The highest BCUT2D eigenvalue weighted by Crippen LogP contribution is 2.32. The number of urea groups is 1. The monoisotopic (exact) mass is 282 g/mol. The van der Waals surface area contributed by atoms with Crippen LogP contribution in [-0.4, -0.2) is 19.2 Å². The van der Waals surface area contributed by atoms with E-state index >= 15 is 0 Å². The van der Waals surface area contributed by atoms with Crippen LogP contribution < -0.4 is 15.4 Å². The van der Waals surface area contributed by atoms with Crippen molar-refractivity contribution in [2.45, 2.75) is 12.8 Å². The van der Waals surface area contributed by atoms with Gasteiger partial charge in [-0.1, -0.05) is 36.4 Å². The van der Waals surface area contributed by atoms with E-state index in [9.17, 15) is 4.79 Å². The number of anilines is 1. The minimum atomic E-state index is -0.186. The largest absolute Gasteiger partial charge is 0.493 e. The molecule has 0 saturated carbocycles. The SMILES string of the molecule is Cc1ccccc1NC(=O)NC[C@@H]1COc2ccccc21. The molecule has 0 aliphatic carbocycles. The zero-order valence-corrected chi connectivity index (χ0v) is 11.9. The molecule has 2 N–H and O–H groups in total. The lowest BCUT2D eigenvalue weighted by Crippen LogP contribution is -2.33. The van der Waals surface area contributed by atoms with Crippen LogP contribution in [-0.2, 0) is 0 Å². The molecule has 108 valence electrons. The molecule has 1 aliphatic heterocycles. The molecular weight excluding hydrogens is 264 g/mol. The van der Waals surface area contributed by atoms with E-state index in [4.69, 9.17) is 4.74 Å². The van der Waals surface area contributed by atoms with E-state index in [-0.39, 0.29) is 11.9 Å². The molecule has 0 aromatic heterocycles. The summed E-state index contributed by atoms with van der Waals surface area (Å²) in [5.41, 5.74) is 3.04. The fraction of sp³-hybridized carbons (Fsp3) is 0.235. The number of ether oxygens (including phenoxy) is 1. The lowest BCUT2D eigenvalue weighted by molar-refractivity contribution is 0.250. The van der Waals surface area contributed by atoms with E-state index in [2.05, 4.69) is 10.6 Å². The van der Waals surface area contributed by atoms with E-state index in [1.165, 1.54) is 0 Å². The number of carbonyl (C=O) groups is 1. The van der Waals surface area contributed by atoms with Crippen molar-refractivity contribution in [3.8, 4) is 5.75 Å². The summed E-state index contributed by atoms with van der Waals surface area (Å²) in [5.74, 6) is 1.13. The molecule has 4 nitrogen and oxygen atoms in total. The van der Waals surface area contributed by atoms with Gasteiger partial charge < -0.3 is 15.4 Å². The number of amides is 2. The number of hydrogen-bond donors (Lipinski definition) is 2. The van der Waals surface area contributed by atoms with Crippen molar-refractivity contribution in [2.75, 3.05) is 18.5 Å². The van der Waals surface area contributed by atoms with Gasteiger partial charge in [-0.15, -0.1) is 0 Å². The van der Waals surface area contributed by atoms with Crippen LogP contribution in [0.5, 0.6) is 5.75 Å². The highest BCUT2D eigenvalue weighted by atomic mass is 16.5. The maximum absolute atomic E-state index is 12.0. The quantitative estimate of drug-likeness (QED) is 0.907. The van der Waals surface area contributed by atoms with Crippen molar-refractivity contribution in [3.63, 3.8) is 0 Å². The van der Waals surface area contributed by atoms with Gasteiger partial charge in [0.25, 0.3) is 0 Å². The van der Waals surface area contributed by atoms with Gasteiger partial charge in [-0.3, -0.25) is 0 Å². The van der Waals surface area contributed by atoms with Gasteiger partial charge in [0.2, 0.25) is 0 Å². The van der Waals surface area contributed by atoms with Crippen molar-refractivity contribution in [2.24, 2.45) is 0 Å². The van der Waals surface area contributed by atoms with Gasteiger partial charge >= 0.3 is 6.03 Å². The fourth-order valence-corrected chi connectivity index (χ4v) is 2.49. The third-order valence-corrected chi connectivity index (χ3v) is 3.70. The smallest absolute Gasteiger partial charge is 0.319 e. The zero-order valence-electron chi connectivity index (χ0n) is 11.9. The second-order valence-corrected chi connectivity index (χ2v) is 5.20. The minimum absolute atomic E-state index is 0.186. The summed E-state index contributed by atoms with van der Waals surface area (Å²) in [5, 5.41) is 5.78. The number of nitrogens with one attached hydrogen (secondary N) is 2. The third-order valence-electron chi connectivity index (χ3n) is 3.70. The van der Waals surface area contributed by atoms with Gasteiger partial charge in [0, 0.05) is 23.7 Å². The van der Waals surface area contributed by atoms with Crippen LogP contribution in [0.4, 0.5) is 10.5 Å². The average molecular weight is 282 g/mol. The molecule has 0 unspecified atom stereocenters. The molecule has 3 rings (SSSR count). The van der Waals surface area contributed by atoms with Gasteiger partial charge in [-0.2, -0.15) is 0 Å². The molecule has 1 aliphatic rings. The topological polar surface area (TPSA) is 50.4 Å². The van der Waals surface area contributed by atoms with Gasteiger partial charge in [0.05, 0.1) is 6.61 Å². The van der Waals surface area contributed by atoms with Crippen molar-refractivity contribution in [1.29, 1.82) is 0 Å². The summed E-state index contributed by atoms with van der Waals surface area (Å²) in [4.78, 5) is 12.0. The first-order valence-corrected chi connectivity index (χ1v) is 7.06. The maximum Gasteiger partial charge on any atom is 0.319 e. The second-order valence-electron chi connectivity index (χ2n) is 5.20. The number of rotatable bonds is 3. The minimum Gasteiger partial charge on any atom is -0.493 e. The van der Waals surface area contributed by atoms with Crippen LogP contribution >= 0.6 is 0 Å². The number of carbonyl (C=O) groups excluding carboxylic acids is 1. The van der Waals surface area contributed by atoms with E-state index in [1.807, 2.05) is 55.5 Å². The van der Waals surface area contributed by atoms with Gasteiger partial charge in [-0.25, -0.2) is 4.79 Å². The molecule has 0 saturated heterocycles. The van der Waals surface area contributed by atoms with Gasteiger partial charge in [-0.05, 0) is 24.6 Å². The summed E-state index contributed by atoms with van der Waals surface area (Å²) in [6.45, 7) is 3.15. The number of aryl methyl sites for hydroxylation is 1. The van der Waals surface area contributed by atoms with Gasteiger partial charge in [0.1, 0.15) is 5.75 Å². The Hall–Kier alpha value is -2.49. The molecule has 2 aromatic rings. The summed E-state index contributed by atoms with van der Waals surface area (Å²) in [6, 6.07) is 15.5. The standard InChI is InChI=1S/C17H18N2O2/c1-12-6-2-4-8-15(12)19-17(20)18-10-13-11-21-16-9-5-3-7-14(13)16/h2-9,13H,10-11H2,1H3,(H2,18,19,20)/t13-/m1/s1. The van der Waals surface area contributed by atoms with Gasteiger partial charge in [0.15, 0.2) is 0 Å². The molecule has 21 heavy (non-hydrogen) atoms. The summed E-state index contributed by atoms with van der Waals surface area (Å²) in [7, 11) is 0. The van der Waals surface area contributed by atoms with Crippen LogP contribution in [0.3, 0.4) is 0 Å². The number of benzene rings is 2. The molecule has 0 radical (unpaired) electrons. The Bertz CT molecular complexity index is 655. The van der Waals surface area contributed by atoms with Crippen molar-refractivity contribution < 1.29 is 9.53 Å². The molecule has 1 heterocycles. The van der Waals surface area contributed by atoms with E-state index in [1.54, 1.807) is 0 Å². The Morgan fingerprint density at radius 3 is 2.81 bits per heavy atom. The van der Waals surface area contributed by atoms with Crippen molar-refractivity contribution in [1.82, 2.24) is 5.32 Å². The first-order chi connectivity index (χ1) is 10.2. The first-order valence-electron chi connectivity index (χ1n) is 7.06. The van der Waals surface area contributed by atoms with E-state index in [0.29, 0.717) is 13.2 Å². The maximum atomic E-state index is 12.0. The molecule has 2 amide bonds. The Morgan fingerprint density at radius 2 is 1.95 bits per heavy atom.